The number of methoxy groups -OCH3 is 1. The van der Waals surface area contributed by atoms with Crippen molar-refractivity contribution >= 4 is 29.2 Å². The summed E-state index contributed by atoms with van der Waals surface area (Å²) in [4.78, 5) is 12.3. The van der Waals surface area contributed by atoms with Gasteiger partial charge in [-0.1, -0.05) is 59.6 Å². The maximum absolute atomic E-state index is 12.3. The highest BCUT2D eigenvalue weighted by atomic mass is 35.5. The van der Waals surface area contributed by atoms with E-state index < -0.39 is 12.1 Å². The monoisotopic (exact) mass is 449 g/mol. The molecule has 1 aliphatic heterocycles. The van der Waals surface area contributed by atoms with Crippen LogP contribution in [0.1, 0.15) is 24.5 Å². The number of carbonyl (C=O) groups is 1. The van der Waals surface area contributed by atoms with Crippen LogP contribution in [0.3, 0.4) is 0 Å². The molecular formula is C23H25Cl2NO4. The van der Waals surface area contributed by atoms with Gasteiger partial charge in [-0.15, -0.1) is 0 Å². The van der Waals surface area contributed by atoms with Crippen LogP contribution >= 0.6 is 23.2 Å². The van der Waals surface area contributed by atoms with Gasteiger partial charge in [0, 0.05) is 28.7 Å². The molecule has 7 heteroatoms. The molecule has 30 heavy (non-hydrogen) atoms. The van der Waals surface area contributed by atoms with Crippen molar-refractivity contribution < 1.29 is 19.0 Å². The quantitative estimate of drug-likeness (QED) is 0.580. The van der Waals surface area contributed by atoms with E-state index in [4.69, 9.17) is 37.4 Å². The maximum Gasteiger partial charge on any atom is 0.338 e. The SMILES string of the molecule is COC(=O)C1=C(NCc2ccc(Cl)cc2Cl)C[C@@H](COCc2ccccc2)O[C@H]1C. The second-order valence-electron chi connectivity index (χ2n) is 7.08. The Balaban J connectivity index is 1.68. The van der Waals surface area contributed by atoms with E-state index in [0.717, 1.165) is 16.8 Å². The number of halogens is 2. The molecule has 2 aromatic rings. The highest BCUT2D eigenvalue weighted by Gasteiger charge is 2.32. The van der Waals surface area contributed by atoms with Crippen molar-refractivity contribution in [3.05, 3.63) is 81.0 Å². The number of benzene rings is 2. The van der Waals surface area contributed by atoms with Crippen molar-refractivity contribution in [1.29, 1.82) is 0 Å². The molecule has 1 heterocycles. The van der Waals surface area contributed by atoms with Crippen LogP contribution in [0.2, 0.25) is 10.0 Å². The predicted octanol–water partition coefficient (Wildman–Crippen LogP) is 4.90. The van der Waals surface area contributed by atoms with Gasteiger partial charge in [0.15, 0.2) is 0 Å². The lowest BCUT2D eigenvalue weighted by Gasteiger charge is -2.32. The summed E-state index contributed by atoms with van der Waals surface area (Å²) in [7, 11) is 1.37. The fraction of sp³-hybridized carbons (Fsp3) is 0.348. The standard InChI is InChI=1S/C23H25Cl2NO4/c1-15-22(23(27)28-2)21(26-12-17-8-9-18(24)10-20(17)25)11-19(30-15)14-29-13-16-6-4-3-5-7-16/h3-10,15,19,26H,11-14H2,1-2H3/t15-,19-/m0/s1. The minimum absolute atomic E-state index is 0.180. The van der Waals surface area contributed by atoms with E-state index in [9.17, 15) is 4.79 Å². The van der Waals surface area contributed by atoms with Crippen LogP contribution in [-0.2, 0) is 32.2 Å². The molecule has 0 fully saturated rings. The van der Waals surface area contributed by atoms with Crippen molar-refractivity contribution in [2.24, 2.45) is 0 Å². The second kappa shape index (κ2) is 10.8. The molecule has 160 valence electrons. The first-order chi connectivity index (χ1) is 14.5. The van der Waals surface area contributed by atoms with Crippen molar-refractivity contribution in [1.82, 2.24) is 5.32 Å². The summed E-state index contributed by atoms with van der Waals surface area (Å²) < 4.78 is 16.8. The van der Waals surface area contributed by atoms with E-state index in [2.05, 4.69) is 5.32 Å². The Morgan fingerprint density at radius 2 is 1.97 bits per heavy atom. The zero-order chi connectivity index (χ0) is 21.5. The Hall–Kier alpha value is -2.05. The molecule has 0 saturated heterocycles. The minimum atomic E-state index is -0.417. The van der Waals surface area contributed by atoms with Gasteiger partial charge in [0.25, 0.3) is 0 Å². The Labute approximate surface area is 186 Å². The molecule has 5 nitrogen and oxygen atoms in total. The highest BCUT2D eigenvalue weighted by Crippen LogP contribution is 2.27. The van der Waals surface area contributed by atoms with Gasteiger partial charge < -0.3 is 19.5 Å². The summed E-state index contributed by atoms with van der Waals surface area (Å²) >= 11 is 12.3. The molecule has 2 atom stereocenters. The van der Waals surface area contributed by atoms with Crippen LogP contribution in [0.5, 0.6) is 0 Å². The van der Waals surface area contributed by atoms with E-state index in [0.29, 0.717) is 41.8 Å². The number of nitrogens with one attached hydrogen (secondary N) is 1. The van der Waals surface area contributed by atoms with Gasteiger partial charge in [-0.3, -0.25) is 0 Å². The lowest BCUT2D eigenvalue weighted by molar-refractivity contribution is -0.139. The van der Waals surface area contributed by atoms with Crippen LogP contribution in [0.4, 0.5) is 0 Å². The van der Waals surface area contributed by atoms with Crippen LogP contribution in [0.25, 0.3) is 0 Å². The molecule has 0 aliphatic carbocycles. The Morgan fingerprint density at radius 3 is 2.67 bits per heavy atom. The predicted molar refractivity (Wildman–Crippen MR) is 117 cm³/mol. The molecule has 1 aliphatic rings. The summed E-state index contributed by atoms with van der Waals surface area (Å²) in [5.74, 6) is -0.407. The molecule has 0 spiro atoms. The number of carbonyl (C=O) groups excluding carboxylic acids is 1. The molecule has 0 radical (unpaired) electrons. The molecule has 0 amide bonds. The van der Waals surface area contributed by atoms with Crippen LogP contribution in [-0.4, -0.2) is 31.9 Å². The van der Waals surface area contributed by atoms with Crippen molar-refractivity contribution in [3.8, 4) is 0 Å². The zero-order valence-corrected chi connectivity index (χ0v) is 18.5. The summed E-state index contributed by atoms with van der Waals surface area (Å²) in [6, 6.07) is 15.3. The first-order valence-electron chi connectivity index (χ1n) is 9.74. The van der Waals surface area contributed by atoms with Gasteiger partial charge >= 0.3 is 5.97 Å². The van der Waals surface area contributed by atoms with Gasteiger partial charge in [-0.2, -0.15) is 0 Å². The number of esters is 1. The Morgan fingerprint density at radius 1 is 1.20 bits per heavy atom. The van der Waals surface area contributed by atoms with E-state index in [1.165, 1.54) is 7.11 Å². The largest absolute Gasteiger partial charge is 0.466 e. The Kier molecular flexibility index (Phi) is 8.16. The van der Waals surface area contributed by atoms with Gasteiger partial charge in [0.05, 0.1) is 38.1 Å². The van der Waals surface area contributed by atoms with E-state index in [1.807, 2.05) is 43.3 Å². The topological polar surface area (TPSA) is 56.8 Å². The number of ether oxygens (including phenoxy) is 3. The van der Waals surface area contributed by atoms with Gasteiger partial charge in [0.2, 0.25) is 0 Å². The molecule has 0 unspecified atom stereocenters. The lowest BCUT2D eigenvalue weighted by Crippen LogP contribution is -2.38. The third kappa shape index (κ3) is 5.99. The first-order valence-corrected chi connectivity index (χ1v) is 10.5. The molecule has 0 bridgehead atoms. The van der Waals surface area contributed by atoms with Crippen LogP contribution in [0.15, 0.2) is 59.8 Å². The fourth-order valence-electron chi connectivity index (χ4n) is 3.40. The van der Waals surface area contributed by atoms with E-state index in [1.54, 1.807) is 12.1 Å². The van der Waals surface area contributed by atoms with Crippen LogP contribution in [0, 0.1) is 0 Å². The molecule has 1 N–H and O–H groups in total. The zero-order valence-electron chi connectivity index (χ0n) is 17.0. The minimum Gasteiger partial charge on any atom is -0.466 e. The molecule has 2 aromatic carbocycles. The van der Waals surface area contributed by atoms with Gasteiger partial charge in [-0.25, -0.2) is 4.79 Å². The second-order valence-corrected chi connectivity index (χ2v) is 7.92. The van der Waals surface area contributed by atoms with Crippen molar-refractivity contribution in [2.45, 2.75) is 38.7 Å². The summed E-state index contributed by atoms with van der Waals surface area (Å²) in [6.45, 7) is 3.22. The fourth-order valence-corrected chi connectivity index (χ4v) is 3.88. The molecule has 0 aromatic heterocycles. The first kappa shape index (κ1) is 22.6. The normalized spacial score (nSPS) is 18.9. The number of rotatable bonds is 8. The molecular weight excluding hydrogens is 425 g/mol. The summed E-state index contributed by atoms with van der Waals surface area (Å²) in [5.41, 5.74) is 3.25. The third-order valence-corrected chi connectivity index (χ3v) is 5.47. The van der Waals surface area contributed by atoms with Gasteiger partial charge in [0.1, 0.15) is 0 Å². The van der Waals surface area contributed by atoms with Gasteiger partial charge in [-0.05, 0) is 30.2 Å². The summed E-state index contributed by atoms with van der Waals surface area (Å²) in [5, 5.41) is 4.49. The third-order valence-electron chi connectivity index (χ3n) is 4.89. The average Bonchev–Trinajstić information content (AvgIpc) is 2.73. The lowest BCUT2D eigenvalue weighted by atomic mass is 9.99. The maximum atomic E-state index is 12.3. The number of hydrogen-bond donors (Lipinski definition) is 1. The average molecular weight is 450 g/mol. The van der Waals surface area contributed by atoms with Crippen molar-refractivity contribution in [2.75, 3.05) is 13.7 Å². The summed E-state index contributed by atoms with van der Waals surface area (Å²) in [6.07, 6.45) is -0.0885. The molecule has 3 rings (SSSR count). The highest BCUT2D eigenvalue weighted by molar-refractivity contribution is 6.35. The van der Waals surface area contributed by atoms with E-state index in [-0.39, 0.29) is 6.10 Å². The smallest absolute Gasteiger partial charge is 0.338 e. The Bertz CT molecular complexity index is 901. The number of hydrogen-bond acceptors (Lipinski definition) is 5. The molecule has 0 saturated carbocycles. The van der Waals surface area contributed by atoms with Crippen molar-refractivity contribution in [3.63, 3.8) is 0 Å². The van der Waals surface area contributed by atoms with E-state index >= 15 is 0 Å². The van der Waals surface area contributed by atoms with Crippen LogP contribution < -0.4 is 5.32 Å².